The van der Waals surface area contributed by atoms with Crippen LogP contribution in [-0.2, 0) is 9.59 Å². The van der Waals surface area contributed by atoms with Gasteiger partial charge in [-0.05, 0) is 30.7 Å². The summed E-state index contributed by atoms with van der Waals surface area (Å²) in [5, 5.41) is 2.05. The molecule has 0 aromatic heterocycles. The first-order valence-corrected chi connectivity index (χ1v) is 10.4. The molecule has 1 atom stereocenters. The summed E-state index contributed by atoms with van der Waals surface area (Å²) >= 11 is 0. The van der Waals surface area contributed by atoms with Gasteiger partial charge in [0.15, 0.2) is 0 Å². The minimum Gasteiger partial charge on any atom is -0.410 e. The number of rotatable bonds is 5. The van der Waals surface area contributed by atoms with E-state index in [1.807, 2.05) is 5.32 Å². The maximum Gasteiger partial charge on any atom is 0.573 e. The predicted octanol–water partition coefficient (Wildman–Crippen LogP) is 3.44. The minimum atomic E-state index is -5.01. The number of benzene rings is 2. The smallest absolute Gasteiger partial charge is 0.410 e. The van der Waals surface area contributed by atoms with Crippen LogP contribution in [0.2, 0.25) is 0 Å². The van der Waals surface area contributed by atoms with Crippen molar-refractivity contribution in [2.24, 2.45) is 5.73 Å². The normalized spacial score (nSPS) is 18.7. The fraction of sp³-hybridized carbons (Fsp3) is 0.318. The number of nitrogens with two attached hydrogens (primary N) is 1. The molecule has 0 aliphatic carbocycles. The molecule has 2 aromatic rings. The number of nitrogens with zero attached hydrogens (tertiary/aromatic N) is 1. The van der Waals surface area contributed by atoms with Crippen LogP contribution in [0.5, 0.6) is 11.5 Å². The molecule has 0 bridgehead atoms. The molecule has 2 aliphatic rings. The second-order valence-electron chi connectivity index (χ2n) is 8.07. The van der Waals surface area contributed by atoms with Gasteiger partial charge in [0, 0.05) is 42.2 Å². The first-order valence-electron chi connectivity index (χ1n) is 10.4. The van der Waals surface area contributed by atoms with E-state index < -0.39 is 59.1 Å². The minimum absolute atomic E-state index is 0.0179. The van der Waals surface area contributed by atoms with Gasteiger partial charge in [0.05, 0.1) is 5.92 Å². The quantitative estimate of drug-likeness (QED) is 0.482. The summed E-state index contributed by atoms with van der Waals surface area (Å²) in [4.78, 5) is 36.0. The highest BCUT2D eigenvalue weighted by Crippen LogP contribution is 2.44. The number of amides is 3. The molecule has 2 fully saturated rings. The summed E-state index contributed by atoms with van der Waals surface area (Å²) in [6, 6.07) is 5.51. The third kappa shape index (κ3) is 5.12. The van der Waals surface area contributed by atoms with Crippen LogP contribution in [0.3, 0.4) is 0 Å². The van der Waals surface area contributed by atoms with Crippen LogP contribution in [0.1, 0.15) is 35.8 Å². The van der Waals surface area contributed by atoms with Gasteiger partial charge < -0.3 is 20.1 Å². The Bertz CT molecular complexity index is 1170. The maximum atomic E-state index is 14.8. The van der Waals surface area contributed by atoms with E-state index >= 15 is 0 Å². The van der Waals surface area contributed by atoms with Gasteiger partial charge in [0.1, 0.15) is 23.1 Å². The van der Waals surface area contributed by atoms with Gasteiger partial charge in [-0.25, -0.2) is 13.6 Å². The van der Waals surface area contributed by atoms with E-state index in [1.165, 1.54) is 17.0 Å². The van der Waals surface area contributed by atoms with Crippen LogP contribution in [0.25, 0.3) is 0 Å². The van der Waals surface area contributed by atoms with Gasteiger partial charge in [-0.1, -0.05) is 6.07 Å². The van der Waals surface area contributed by atoms with Crippen molar-refractivity contribution in [2.45, 2.75) is 31.0 Å². The van der Waals surface area contributed by atoms with Gasteiger partial charge in [-0.15, -0.1) is 13.2 Å². The highest BCUT2D eigenvalue weighted by molar-refractivity contribution is 6.01. The summed E-state index contributed by atoms with van der Waals surface area (Å²) in [5.41, 5.74) is 4.58. The summed E-state index contributed by atoms with van der Waals surface area (Å²) < 4.78 is 77.1. The molecule has 0 spiro atoms. The van der Waals surface area contributed by atoms with Crippen molar-refractivity contribution in [2.75, 3.05) is 18.0 Å². The van der Waals surface area contributed by atoms with E-state index in [2.05, 4.69) is 4.74 Å². The van der Waals surface area contributed by atoms with Gasteiger partial charge in [-0.2, -0.15) is 0 Å². The van der Waals surface area contributed by atoms with Crippen LogP contribution in [0.15, 0.2) is 30.3 Å². The molecule has 8 nitrogen and oxygen atoms in total. The topological polar surface area (TPSA) is 111 Å². The predicted molar refractivity (Wildman–Crippen MR) is 110 cm³/mol. The highest BCUT2D eigenvalue weighted by atomic mass is 19.4. The van der Waals surface area contributed by atoms with E-state index in [0.717, 1.165) is 18.2 Å². The Hall–Kier alpha value is -3.90. The Morgan fingerprint density at radius 2 is 1.69 bits per heavy atom. The second-order valence-corrected chi connectivity index (χ2v) is 8.07. The number of nitrogens with one attached hydrogen (secondary N) is 1. The third-order valence-corrected chi connectivity index (χ3v) is 5.77. The molecule has 4 rings (SSSR count). The molecule has 186 valence electrons. The number of alkyl halides is 3. The Balaban J connectivity index is 1.57. The third-order valence-electron chi connectivity index (χ3n) is 5.77. The molecule has 13 heteroatoms. The van der Waals surface area contributed by atoms with E-state index in [0.29, 0.717) is 0 Å². The second kappa shape index (κ2) is 9.04. The van der Waals surface area contributed by atoms with E-state index in [4.69, 9.17) is 10.5 Å². The van der Waals surface area contributed by atoms with Gasteiger partial charge in [-0.3, -0.25) is 14.9 Å². The molecule has 3 N–H and O–H groups in total. The number of piperidine rings is 1. The molecular formula is C22H18F5N3O5. The molecule has 2 saturated heterocycles. The Kier molecular flexibility index (Phi) is 6.26. The fourth-order valence-corrected chi connectivity index (χ4v) is 4.26. The molecular weight excluding hydrogens is 481 g/mol. The Labute approximate surface area is 194 Å². The van der Waals surface area contributed by atoms with Crippen LogP contribution in [-0.4, -0.2) is 37.4 Å². The number of halogens is 5. The van der Waals surface area contributed by atoms with Crippen LogP contribution in [0, 0.1) is 11.6 Å². The molecule has 0 saturated carbocycles. The van der Waals surface area contributed by atoms with Gasteiger partial charge >= 0.3 is 12.5 Å². The van der Waals surface area contributed by atoms with Gasteiger partial charge in [0.25, 0.3) is 0 Å². The van der Waals surface area contributed by atoms with Gasteiger partial charge in [0.2, 0.25) is 11.8 Å². The Morgan fingerprint density at radius 1 is 1.06 bits per heavy atom. The van der Waals surface area contributed by atoms with E-state index in [1.54, 1.807) is 0 Å². The lowest BCUT2D eigenvalue weighted by Gasteiger charge is -2.42. The van der Waals surface area contributed by atoms with E-state index in [-0.39, 0.29) is 42.9 Å². The molecule has 2 heterocycles. The average molecular weight is 499 g/mol. The molecule has 0 radical (unpaired) electrons. The number of hydrogen-bond acceptors (Lipinski definition) is 6. The van der Waals surface area contributed by atoms with Crippen molar-refractivity contribution in [3.8, 4) is 11.5 Å². The maximum absolute atomic E-state index is 14.8. The van der Waals surface area contributed by atoms with Crippen molar-refractivity contribution in [3.05, 3.63) is 53.1 Å². The number of primary amides is 1. The van der Waals surface area contributed by atoms with Crippen molar-refractivity contribution < 1.29 is 45.8 Å². The van der Waals surface area contributed by atoms with Crippen molar-refractivity contribution in [1.82, 2.24) is 5.32 Å². The number of carbonyl (C=O) groups is 3. The molecule has 2 aliphatic heterocycles. The number of imide groups is 1. The van der Waals surface area contributed by atoms with Crippen LogP contribution in [0.4, 0.5) is 32.4 Å². The number of hydrogen-bond donors (Lipinski definition) is 2. The summed E-state index contributed by atoms with van der Waals surface area (Å²) in [7, 11) is 0. The summed E-state index contributed by atoms with van der Waals surface area (Å²) in [6.45, 7) is 0.0357. The molecule has 3 amide bonds. The zero-order chi connectivity index (χ0) is 25.5. The number of anilines is 1. The SMILES string of the molecule is NC(=O)Oc1cccc(OC(F)(F)F)c1C1CN(c2cc(F)c(C3CCC(=O)NC3=O)c(F)c2)C1. The first kappa shape index (κ1) is 24.2. The summed E-state index contributed by atoms with van der Waals surface area (Å²) in [5.74, 6) is -5.92. The van der Waals surface area contributed by atoms with E-state index in [9.17, 15) is 36.3 Å². The van der Waals surface area contributed by atoms with Crippen molar-refractivity contribution in [1.29, 1.82) is 0 Å². The van der Waals surface area contributed by atoms with Crippen LogP contribution >= 0.6 is 0 Å². The number of carbonyl (C=O) groups excluding carboxylic acids is 3. The molecule has 35 heavy (non-hydrogen) atoms. The first-order chi connectivity index (χ1) is 16.4. The lowest BCUT2D eigenvalue weighted by molar-refractivity contribution is -0.275. The number of ether oxygens (including phenoxy) is 2. The fourth-order valence-electron chi connectivity index (χ4n) is 4.26. The zero-order valence-electron chi connectivity index (χ0n) is 17.8. The Morgan fingerprint density at radius 3 is 2.26 bits per heavy atom. The lowest BCUT2D eigenvalue weighted by Crippen LogP contribution is -2.45. The van der Waals surface area contributed by atoms with Crippen molar-refractivity contribution >= 4 is 23.6 Å². The molecule has 2 aromatic carbocycles. The van der Waals surface area contributed by atoms with Crippen LogP contribution < -0.4 is 25.4 Å². The average Bonchev–Trinajstić information content (AvgIpc) is 2.68. The largest absolute Gasteiger partial charge is 0.573 e. The summed E-state index contributed by atoms with van der Waals surface area (Å²) in [6.07, 6.45) is -6.34. The monoisotopic (exact) mass is 499 g/mol. The molecule has 1 unspecified atom stereocenters. The standard InChI is InChI=1S/C22H18F5N3O5/c23-13-6-11(7-14(24)19(13)12-4-5-17(31)29-20(12)32)30-8-10(9-30)18-15(34-21(28)33)2-1-3-16(18)35-22(25,26)27/h1-3,6-7,10,12H,4-5,8-9H2,(H2,28,33)(H,29,31,32). The van der Waals surface area contributed by atoms with Crippen molar-refractivity contribution in [3.63, 3.8) is 0 Å². The zero-order valence-corrected chi connectivity index (χ0v) is 17.8. The lowest BCUT2D eigenvalue weighted by atomic mass is 9.87. The highest BCUT2D eigenvalue weighted by Gasteiger charge is 2.39.